The molecule has 0 bridgehead atoms. The lowest BCUT2D eigenvalue weighted by Crippen LogP contribution is -2.26. The molecule has 0 aliphatic heterocycles. The number of hydrogen-bond acceptors (Lipinski definition) is 5. The first-order chi connectivity index (χ1) is 15.0. The molecule has 0 N–H and O–H groups in total. The van der Waals surface area contributed by atoms with Crippen LogP contribution < -0.4 is 0 Å². The molecule has 4 rings (SSSR count). The molecule has 0 radical (unpaired) electrons. The minimum Gasteiger partial charge on any atom is -0.416 e. The lowest BCUT2D eigenvalue weighted by molar-refractivity contribution is 0.0785. The van der Waals surface area contributed by atoms with E-state index in [1.165, 1.54) is 4.90 Å². The number of hydrogen-bond donors (Lipinski definition) is 0. The summed E-state index contributed by atoms with van der Waals surface area (Å²) in [5, 5.41) is 8.34. The zero-order chi connectivity index (χ0) is 21.8. The summed E-state index contributed by atoms with van der Waals surface area (Å²) in [7, 11) is 1.81. The van der Waals surface area contributed by atoms with E-state index in [0.29, 0.717) is 23.9 Å². The third-order valence-corrected chi connectivity index (χ3v) is 5.85. The van der Waals surface area contributed by atoms with Crippen molar-refractivity contribution in [2.45, 2.75) is 18.4 Å². The summed E-state index contributed by atoms with van der Waals surface area (Å²) in [5.41, 5.74) is 4.48. The summed E-state index contributed by atoms with van der Waals surface area (Å²) in [5.74, 6) is 0.881. The van der Waals surface area contributed by atoms with E-state index in [9.17, 15) is 4.79 Å². The molecule has 0 aliphatic rings. The van der Waals surface area contributed by atoms with Crippen LogP contribution in [0.4, 0.5) is 0 Å². The molecule has 0 saturated heterocycles. The second-order valence-electron chi connectivity index (χ2n) is 7.31. The van der Waals surface area contributed by atoms with E-state index in [0.717, 1.165) is 22.3 Å². The van der Waals surface area contributed by atoms with Gasteiger partial charge in [0.05, 0.1) is 0 Å². The lowest BCUT2D eigenvalue weighted by atomic mass is 10.1. The topological polar surface area (TPSA) is 59.2 Å². The van der Waals surface area contributed by atoms with Gasteiger partial charge in [0.15, 0.2) is 0 Å². The van der Waals surface area contributed by atoms with Crippen molar-refractivity contribution < 1.29 is 9.21 Å². The van der Waals surface area contributed by atoms with Gasteiger partial charge in [0.1, 0.15) is 0 Å². The van der Waals surface area contributed by atoms with Gasteiger partial charge in [-0.15, -0.1) is 22.0 Å². The summed E-state index contributed by atoms with van der Waals surface area (Å²) < 4.78 is 5.86. The minimum atomic E-state index is -0.0355. The molecular formula is C25H23N3O2S. The Kier molecular flexibility index (Phi) is 6.18. The number of aromatic nitrogens is 2. The molecule has 0 aliphatic carbocycles. The molecule has 5 nitrogen and oxygen atoms in total. The molecule has 3 aromatic carbocycles. The van der Waals surface area contributed by atoms with Crippen LogP contribution in [0.5, 0.6) is 0 Å². The first-order valence-corrected chi connectivity index (χ1v) is 11.2. The molecule has 0 unspecified atom stereocenters. The van der Waals surface area contributed by atoms with Gasteiger partial charge in [0.25, 0.3) is 5.91 Å². The van der Waals surface area contributed by atoms with Gasteiger partial charge in [-0.25, -0.2) is 0 Å². The minimum absolute atomic E-state index is 0.0355. The summed E-state index contributed by atoms with van der Waals surface area (Å²) in [6.07, 6.45) is 2.05. The Morgan fingerprint density at radius 2 is 1.61 bits per heavy atom. The maximum absolute atomic E-state index is 12.8. The van der Waals surface area contributed by atoms with Gasteiger partial charge in [-0.05, 0) is 66.8 Å². The fourth-order valence-electron chi connectivity index (χ4n) is 3.31. The molecule has 1 heterocycles. The number of aryl methyl sites for hydroxylation is 1. The average Bonchev–Trinajstić information content (AvgIpc) is 3.29. The van der Waals surface area contributed by atoms with E-state index in [4.69, 9.17) is 4.42 Å². The van der Waals surface area contributed by atoms with E-state index in [2.05, 4.69) is 34.5 Å². The number of carbonyl (C=O) groups is 1. The van der Waals surface area contributed by atoms with E-state index in [1.807, 2.05) is 56.6 Å². The summed E-state index contributed by atoms with van der Waals surface area (Å²) in [6, 6.07) is 23.4. The maximum atomic E-state index is 12.8. The second kappa shape index (κ2) is 9.18. The number of rotatable bonds is 6. The lowest BCUT2D eigenvalue weighted by Gasteiger charge is -2.17. The predicted molar refractivity (Wildman–Crippen MR) is 124 cm³/mol. The van der Waals surface area contributed by atoms with Gasteiger partial charge in [-0.2, -0.15) is 0 Å². The zero-order valence-corrected chi connectivity index (χ0v) is 18.5. The van der Waals surface area contributed by atoms with Crippen molar-refractivity contribution >= 4 is 17.7 Å². The van der Waals surface area contributed by atoms with Gasteiger partial charge in [-0.1, -0.05) is 30.3 Å². The monoisotopic (exact) mass is 429 g/mol. The summed E-state index contributed by atoms with van der Waals surface area (Å²) in [6.45, 7) is 2.56. The smallest absolute Gasteiger partial charge is 0.253 e. The Balaban J connectivity index is 1.46. The van der Waals surface area contributed by atoms with Gasteiger partial charge >= 0.3 is 0 Å². The SMILES string of the molecule is CSc1ccc(CN(C)C(=O)c2ccc(-c3nnc(-c4ccccc4C)o3)cc2)cc1. The zero-order valence-electron chi connectivity index (χ0n) is 17.7. The molecule has 1 amide bonds. The highest BCUT2D eigenvalue weighted by Gasteiger charge is 2.15. The largest absolute Gasteiger partial charge is 0.416 e. The first-order valence-electron chi connectivity index (χ1n) is 9.93. The van der Waals surface area contributed by atoms with Crippen LogP contribution >= 0.6 is 11.8 Å². The average molecular weight is 430 g/mol. The Bertz CT molecular complexity index is 1180. The van der Waals surface area contributed by atoms with E-state index >= 15 is 0 Å². The van der Waals surface area contributed by atoms with Crippen molar-refractivity contribution in [2.75, 3.05) is 13.3 Å². The fraction of sp³-hybridized carbons (Fsp3) is 0.160. The maximum Gasteiger partial charge on any atom is 0.253 e. The first kappa shape index (κ1) is 20.9. The molecule has 6 heteroatoms. The summed E-state index contributed by atoms with van der Waals surface area (Å²) >= 11 is 1.70. The third-order valence-electron chi connectivity index (χ3n) is 5.10. The molecular weight excluding hydrogens is 406 g/mol. The van der Waals surface area contributed by atoms with Crippen molar-refractivity contribution in [1.82, 2.24) is 15.1 Å². The normalized spacial score (nSPS) is 10.8. The standard InChI is InChI=1S/C25H23N3O2S/c1-17-6-4-5-7-22(17)24-27-26-23(30-24)19-10-12-20(13-11-19)25(29)28(2)16-18-8-14-21(31-3)15-9-18/h4-15H,16H2,1-3H3. The fourth-order valence-corrected chi connectivity index (χ4v) is 3.72. The van der Waals surface area contributed by atoms with Gasteiger partial charge in [0, 0.05) is 35.2 Å². The molecule has 0 saturated carbocycles. The Morgan fingerprint density at radius 1 is 0.935 bits per heavy atom. The van der Waals surface area contributed by atoms with Crippen molar-refractivity contribution in [3.05, 3.63) is 89.5 Å². The van der Waals surface area contributed by atoms with Gasteiger partial charge in [-0.3, -0.25) is 4.79 Å². The van der Waals surface area contributed by atoms with Crippen LogP contribution in [0.25, 0.3) is 22.9 Å². The molecule has 4 aromatic rings. The van der Waals surface area contributed by atoms with E-state index in [-0.39, 0.29) is 5.91 Å². The number of carbonyl (C=O) groups excluding carboxylic acids is 1. The molecule has 0 spiro atoms. The highest BCUT2D eigenvalue weighted by Crippen LogP contribution is 2.26. The molecule has 156 valence electrons. The highest BCUT2D eigenvalue weighted by molar-refractivity contribution is 7.98. The Hall–Kier alpha value is -3.38. The summed E-state index contributed by atoms with van der Waals surface area (Å²) in [4.78, 5) is 15.7. The second-order valence-corrected chi connectivity index (χ2v) is 8.19. The van der Waals surface area contributed by atoms with Crippen LogP contribution in [0.15, 0.2) is 82.1 Å². The van der Waals surface area contributed by atoms with Crippen LogP contribution in [-0.2, 0) is 6.54 Å². The quantitative estimate of drug-likeness (QED) is 0.368. The number of benzene rings is 3. The number of thioether (sulfide) groups is 1. The third kappa shape index (κ3) is 4.70. The van der Waals surface area contributed by atoms with Gasteiger partial charge in [0.2, 0.25) is 11.8 Å². The van der Waals surface area contributed by atoms with Crippen LogP contribution in [0, 0.1) is 6.92 Å². The van der Waals surface area contributed by atoms with Crippen LogP contribution in [0.2, 0.25) is 0 Å². The van der Waals surface area contributed by atoms with Crippen molar-refractivity contribution in [3.8, 4) is 22.9 Å². The van der Waals surface area contributed by atoms with Crippen molar-refractivity contribution in [2.24, 2.45) is 0 Å². The molecule has 0 atom stereocenters. The Labute approximate surface area is 186 Å². The number of nitrogens with zero attached hydrogens (tertiary/aromatic N) is 3. The van der Waals surface area contributed by atoms with Crippen LogP contribution in [-0.4, -0.2) is 34.3 Å². The predicted octanol–water partition coefficient (Wildman–Crippen LogP) is 5.71. The molecule has 31 heavy (non-hydrogen) atoms. The van der Waals surface area contributed by atoms with Crippen LogP contribution in [0.1, 0.15) is 21.5 Å². The molecule has 1 aromatic heterocycles. The van der Waals surface area contributed by atoms with E-state index in [1.54, 1.807) is 28.8 Å². The van der Waals surface area contributed by atoms with Gasteiger partial charge < -0.3 is 9.32 Å². The Morgan fingerprint density at radius 3 is 2.29 bits per heavy atom. The van der Waals surface area contributed by atoms with Crippen molar-refractivity contribution in [1.29, 1.82) is 0 Å². The van der Waals surface area contributed by atoms with Crippen LogP contribution in [0.3, 0.4) is 0 Å². The molecule has 0 fully saturated rings. The number of amides is 1. The highest BCUT2D eigenvalue weighted by atomic mass is 32.2. The van der Waals surface area contributed by atoms with Crippen molar-refractivity contribution in [3.63, 3.8) is 0 Å². The van der Waals surface area contributed by atoms with E-state index < -0.39 is 0 Å².